The Labute approximate surface area is 215 Å². The summed E-state index contributed by atoms with van der Waals surface area (Å²) in [7, 11) is 3.86. The molecule has 0 amide bonds. The lowest BCUT2D eigenvalue weighted by Gasteiger charge is -2.40. The number of piperazine rings is 1. The molecule has 0 radical (unpaired) electrons. The summed E-state index contributed by atoms with van der Waals surface area (Å²) in [4.78, 5) is 36.4. The van der Waals surface area contributed by atoms with Crippen molar-refractivity contribution in [1.82, 2.24) is 29.7 Å². The van der Waals surface area contributed by atoms with Crippen molar-refractivity contribution in [3.8, 4) is 0 Å². The predicted octanol–water partition coefficient (Wildman–Crippen LogP) is 3.61. The largest absolute Gasteiger partial charge is 0.361 e. The number of fused-ring (bicyclic) bond motifs is 2. The van der Waals surface area contributed by atoms with E-state index >= 15 is 0 Å². The minimum atomic E-state index is -0.225. The zero-order chi connectivity index (χ0) is 25.2. The third kappa shape index (κ3) is 4.82. The molecular weight excluding hydrogens is 476 g/mol. The molecule has 1 unspecified atom stereocenters. The van der Waals surface area contributed by atoms with E-state index < -0.39 is 0 Å². The first-order valence-corrected chi connectivity index (χ1v) is 12.4. The van der Waals surface area contributed by atoms with Gasteiger partial charge in [-0.3, -0.25) is 14.8 Å². The summed E-state index contributed by atoms with van der Waals surface area (Å²) < 4.78 is 0. The zero-order valence-electron chi connectivity index (χ0n) is 20.6. The van der Waals surface area contributed by atoms with E-state index in [4.69, 9.17) is 16.6 Å². The van der Waals surface area contributed by atoms with Gasteiger partial charge in [-0.25, -0.2) is 15.0 Å². The molecule has 10 heteroatoms. The van der Waals surface area contributed by atoms with E-state index in [9.17, 15) is 4.79 Å². The van der Waals surface area contributed by atoms with Gasteiger partial charge in [0.05, 0.1) is 17.1 Å². The van der Waals surface area contributed by atoms with Crippen molar-refractivity contribution in [2.75, 3.05) is 50.5 Å². The first-order valence-electron chi connectivity index (χ1n) is 12.0. The Kier molecular flexibility index (Phi) is 6.95. The Morgan fingerprint density at radius 1 is 1.06 bits per heavy atom. The molecule has 3 aromatic heterocycles. The van der Waals surface area contributed by atoms with Gasteiger partial charge < -0.3 is 15.0 Å². The number of nitrogens with one attached hydrogen (secondary N) is 1. The van der Waals surface area contributed by atoms with Crippen molar-refractivity contribution in [2.45, 2.75) is 19.1 Å². The average Bonchev–Trinajstić information content (AvgIpc) is 2.89. The van der Waals surface area contributed by atoms with Gasteiger partial charge >= 0.3 is 0 Å². The summed E-state index contributed by atoms with van der Waals surface area (Å²) in [5, 5.41) is 5.19. The highest BCUT2D eigenvalue weighted by atomic mass is 35.5. The highest BCUT2D eigenvalue weighted by Gasteiger charge is 2.28. The monoisotopic (exact) mass is 504 g/mol. The van der Waals surface area contributed by atoms with Crippen molar-refractivity contribution in [3.63, 3.8) is 0 Å². The number of halogens is 1. The van der Waals surface area contributed by atoms with Crippen molar-refractivity contribution in [3.05, 3.63) is 59.5 Å². The molecule has 4 heterocycles. The molecular formula is C26H29ClN8O. The maximum absolute atomic E-state index is 11.6. The van der Waals surface area contributed by atoms with Crippen molar-refractivity contribution < 1.29 is 4.79 Å². The van der Waals surface area contributed by atoms with Crippen LogP contribution in [0.4, 0.5) is 11.6 Å². The van der Waals surface area contributed by atoms with Crippen LogP contribution in [0.15, 0.2) is 48.9 Å². The number of anilines is 2. The van der Waals surface area contributed by atoms with E-state index in [1.54, 1.807) is 12.5 Å². The summed E-state index contributed by atoms with van der Waals surface area (Å²) in [5.74, 6) is 1.60. The topological polar surface area (TPSA) is 90.4 Å². The minimum Gasteiger partial charge on any atom is -0.361 e. The SMILES string of the molecule is C[C@H](Nc1ncnc2cccnc12)c1cc2cc(Cl)ccc2nc1N1CCN(C(C=O)N(C)C)CC1. The van der Waals surface area contributed by atoms with Crippen LogP contribution >= 0.6 is 11.6 Å². The van der Waals surface area contributed by atoms with Crippen molar-refractivity contribution in [1.29, 1.82) is 0 Å². The molecule has 9 nitrogen and oxygen atoms in total. The molecule has 186 valence electrons. The molecule has 0 aliphatic carbocycles. The van der Waals surface area contributed by atoms with Gasteiger partial charge in [-0.15, -0.1) is 0 Å². The Bertz CT molecular complexity index is 1380. The number of aromatic nitrogens is 4. The van der Waals surface area contributed by atoms with E-state index in [1.165, 1.54) is 0 Å². The Hall–Kier alpha value is -3.40. The standard InChI is InChI=1S/C26H29ClN8O/c1-17(31-25-24-22(29-16-30-25)5-4-8-28-24)20-14-18-13-19(27)6-7-21(18)32-26(20)35-11-9-34(10-12-35)23(15-36)33(2)3/h4-8,13-17,23H,9-12H2,1-3H3,(H,29,30,31)/t17-,23?/m0/s1. The van der Waals surface area contributed by atoms with Crippen LogP contribution in [0.2, 0.25) is 5.02 Å². The second-order valence-electron chi connectivity index (χ2n) is 9.23. The number of aldehydes is 1. The van der Waals surface area contributed by atoms with E-state index in [2.05, 4.69) is 43.1 Å². The Morgan fingerprint density at radius 3 is 2.61 bits per heavy atom. The van der Waals surface area contributed by atoms with Gasteiger partial charge in [0, 0.05) is 48.3 Å². The number of hydrogen-bond acceptors (Lipinski definition) is 9. The number of carbonyl (C=O) groups is 1. The number of nitrogens with zero attached hydrogens (tertiary/aromatic N) is 7. The summed E-state index contributed by atoms with van der Waals surface area (Å²) in [6.07, 6.45) is 4.07. The molecule has 1 fully saturated rings. The summed E-state index contributed by atoms with van der Waals surface area (Å²) in [5.41, 5.74) is 3.44. The molecule has 1 aliphatic heterocycles. The van der Waals surface area contributed by atoms with Gasteiger partial charge in [0.1, 0.15) is 23.8 Å². The maximum Gasteiger partial charge on any atom is 0.156 e. The molecule has 1 aromatic carbocycles. The first-order chi connectivity index (χ1) is 17.4. The van der Waals surface area contributed by atoms with E-state index in [-0.39, 0.29) is 12.2 Å². The lowest BCUT2D eigenvalue weighted by atomic mass is 10.0. The first kappa shape index (κ1) is 24.3. The fourth-order valence-corrected chi connectivity index (χ4v) is 4.92. The van der Waals surface area contributed by atoms with E-state index in [0.717, 1.165) is 65.8 Å². The number of likely N-dealkylation sites (N-methyl/N-ethyl adjacent to an activating group) is 1. The highest BCUT2D eigenvalue weighted by molar-refractivity contribution is 6.31. The molecule has 4 aromatic rings. The van der Waals surface area contributed by atoms with Crippen molar-refractivity contribution >= 4 is 51.5 Å². The number of benzene rings is 1. The second kappa shape index (κ2) is 10.3. The van der Waals surface area contributed by atoms with Crippen LogP contribution in [-0.4, -0.2) is 82.5 Å². The zero-order valence-corrected chi connectivity index (χ0v) is 21.4. The van der Waals surface area contributed by atoms with Gasteiger partial charge in [0.25, 0.3) is 0 Å². The molecule has 0 saturated carbocycles. The van der Waals surface area contributed by atoms with Crippen LogP contribution in [0, 0.1) is 0 Å². The molecule has 1 saturated heterocycles. The van der Waals surface area contributed by atoms with E-state index in [1.807, 2.05) is 49.3 Å². The van der Waals surface area contributed by atoms with Crippen molar-refractivity contribution in [2.24, 2.45) is 0 Å². The quantitative estimate of drug-likeness (QED) is 0.379. The third-order valence-corrected chi connectivity index (χ3v) is 6.87. The summed E-state index contributed by atoms with van der Waals surface area (Å²) >= 11 is 6.30. The maximum atomic E-state index is 11.6. The van der Waals surface area contributed by atoms with Crippen LogP contribution < -0.4 is 10.2 Å². The third-order valence-electron chi connectivity index (χ3n) is 6.64. The lowest BCUT2D eigenvalue weighted by molar-refractivity contribution is -0.117. The molecule has 0 spiro atoms. The minimum absolute atomic E-state index is 0.112. The fourth-order valence-electron chi connectivity index (χ4n) is 4.74. The smallest absolute Gasteiger partial charge is 0.156 e. The van der Waals surface area contributed by atoms with Crippen LogP contribution in [-0.2, 0) is 4.79 Å². The van der Waals surface area contributed by atoms with Gasteiger partial charge in [-0.2, -0.15) is 0 Å². The van der Waals surface area contributed by atoms with Crippen LogP contribution in [0.3, 0.4) is 0 Å². The number of pyridine rings is 2. The van der Waals surface area contributed by atoms with Crippen LogP contribution in [0.1, 0.15) is 18.5 Å². The van der Waals surface area contributed by atoms with E-state index in [0.29, 0.717) is 10.8 Å². The number of hydrogen-bond donors (Lipinski definition) is 1. The van der Waals surface area contributed by atoms with Gasteiger partial charge in [-0.1, -0.05) is 11.6 Å². The highest BCUT2D eigenvalue weighted by Crippen LogP contribution is 2.33. The molecule has 36 heavy (non-hydrogen) atoms. The van der Waals surface area contributed by atoms with Gasteiger partial charge in [-0.05, 0) is 57.4 Å². The molecule has 0 bridgehead atoms. The van der Waals surface area contributed by atoms with Crippen LogP contribution in [0.25, 0.3) is 21.9 Å². The fraction of sp³-hybridized carbons (Fsp3) is 0.346. The summed E-state index contributed by atoms with van der Waals surface area (Å²) in [6, 6.07) is 11.6. The molecule has 2 atom stereocenters. The Balaban J connectivity index is 1.49. The van der Waals surface area contributed by atoms with Gasteiger partial charge in [0.2, 0.25) is 0 Å². The summed E-state index contributed by atoms with van der Waals surface area (Å²) in [6.45, 7) is 5.16. The average molecular weight is 505 g/mol. The molecule has 1 aliphatic rings. The molecule has 5 rings (SSSR count). The Morgan fingerprint density at radius 2 is 1.86 bits per heavy atom. The number of carbonyl (C=O) groups excluding carboxylic acids is 1. The number of rotatable bonds is 7. The molecule has 1 N–H and O–H groups in total. The van der Waals surface area contributed by atoms with Gasteiger partial charge in [0.15, 0.2) is 12.1 Å². The normalized spacial score (nSPS) is 16.4. The lowest BCUT2D eigenvalue weighted by Crippen LogP contribution is -2.55. The van der Waals surface area contributed by atoms with Crippen LogP contribution in [0.5, 0.6) is 0 Å². The predicted molar refractivity (Wildman–Crippen MR) is 143 cm³/mol. The second-order valence-corrected chi connectivity index (χ2v) is 9.67.